The van der Waals surface area contributed by atoms with E-state index in [4.69, 9.17) is 5.84 Å². The fourth-order valence-electron chi connectivity index (χ4n) is 1.35. The maximum atomic E-state index is 5.60. The molecule has 3 N–H and O–H groups in total. The minimum absolute atomic E-state index is 0.0492. The highest BCUT2D eigenvalue weighted by atomic mass is 79.9. The van der Waals surface area contributed by atoms with Crippen LogP contribution in [0, 0.1) is 0 Å². The first-order chi connectivity index (χ1) is 7.22. The minimum atomic E-state index is 0.0492. The minimum Gasteiger partial charge on any atom is -0.271 e. The van der Waals surface area contributed by atoms with Crippen molar-refractivity contribution >= 4 is 54.5 Å². The summed E-state index contributed by atoms with van der Waals surface area (Å²) in [6.07, 6.45) is 0. The normalized spacial score (nSPS) is 13.0. The number of halogens is 2. The van der Waals surface area contributed by atoms with Gasteiger partial charge in [0, 0.05) is 5.56 Å². The van der Waals surface area contributed by atoms with Gasteiger partial charge in [-0.2, -0.15) is 11.3 Å². The van der Waals surface area contributed by atoms with Gasteiger partial charge in [-0.15, -0.1) is 11.3 Å². The predicted octanol–water partition coefficient (Wildman–Crippen LogP) is 3.89. The molecule has 80 valence electrons. The molecule has 0 saturated heterocycles. The highest BCUT2D eigenvalue weighted by Crippen LogP contribution is 2.37. The smallest absolute Gasteiger partial charge is 0.0762 e. The molecule has 2 nitrogen and oxygen atoms in total. The second kappa shape index (κ2) is 5.07. The predicted molar refractivity (Wildman–Crippen MR) is 73.2 cm³/mol. The standard InChI is InChI=1S/C9H8Br2N2S2/c10-7-3-6(9(11)15-7)8(13-12)5-1-2-14-4-5/h1-4,8,13H,12H2. The highest BCUT2D eigenvalue weighted by Gasteiger charge is 2.17. The number of hydrogen-bond donors (Lipinski definition) is 2. The number of nitrogens with two attached hydrogens (primary N) is 1. The molecule has 0 fully saturated rings. The van der Waals surface area contributed by atoms with Crippen LogP contribution in [0.1, 0.15) is 17.2 Å². The van der Waals surface area contributed by atoms with Gasteiger partial charge in [-0.3, -0.25) is 5.84 Å². The van der Waals surface area contributed by atoms with Crippen LogP contribution >= 0.6 is 54.5 Å². The van der Waals surface area contributed by atoms with Crippen molar-refractivity contribution in [1.29, 1.82) is 0 Å². The van der Waals surface area contributed by atoms with E-state index in [1.807, 2.05) is 0 Å². The van der Waals surface area contributed by atoms with Crippen molar-refractivity contribution in [3.05, 3.63) is 41.6 Å². The third kappa shape index (κ3) is 2.51. The van der Waals surface area contributed by atoms with Crippen LogP contribution in [0.3, 0.4) is 0 Å². The zero-order chi connectivity index (χ0) is 10.8. The Bertz CT molecular complexity index is 439. The van der Waals surface area contributed by atoms with E-state index in [2.05, 4.69) is 60.2 Å². The van der Waals surface area contributed by atoms with Crippen molar-refractivity contribution < 1.29 is 0 Å². The molecule has 15 heavy (non-hydrogen) atoms. The Morgan fingerprint density at radius 2 is 2.20 bits per heavy atom. The van der Waals surface area contributed by atoms with E-state index in [9.17, 15) is 0 Å². The lowest BCUT2D eigenvalue weighted by Gasteiger charge is -2.13. The summed E-state index contributed by atoms with van der Waals surface area (Å²) in [5.74, 6) is 5.60. The van der Waals surface area contributed by atoms with Gasteiger partial charge in [0.2, 0.25) is 0 Å². The zero-order valence-electron chi connectivity index (χ0n) is 7.54. The Morgan fingerprint density at radius 3 is 2.67 bits per heavy atom. The fourth-order valence-corrected chi connectivity index (χ4v) is 4.94. The Labute approximate surface area is 113 Å². The summed E-state index contributed by atoms with van der Waals surface area (Å²) in [6.45, 7) is 0. The first kappa shape index (κ1) is 11.8. The maximum absolute atomic E-state index is 5.60. The average molecular weight is 368 g/mol. The molecule has 2 aromatic rings. The van der Waals surface area contributed by atoms with Crippen LogP contribution in [0.25, 0.3) is 0 Å². The van der Waals surface area contributed by atoms with Crippen molar-refractivity contribution in [3.8, 4) is 0 Å². The van der Waals surface area contributed by atoms with Crippen LogP contribution in [0.15, 0.2) is 30.5 Å². The molecule has 2 heterocycles. The lowest BCUT2D eigenvalue weighted by Crippen LogP contribution is -2.28. The summed E-state index contributed by atoms with van der Waals surface area (Å²) < 4.78 is 2.20. The van der Waals surface area contributed by atoms with Crippen molar-refractivity contribution in [2.75, 3.05) is 0 Å². The summed E-state index contributed by atoms with van der Waals surface area (Å²) >= 11 is 10.3. The summed E-state index contributed by atoms with van der Waals surface area (Å²) in [5, 5.41) is 4.15. The SMILES string of the molecule is NNC(c1ccsc1)c1cc(Br)sc1Br. The number of hydrazine groups is 1. The van der Waals surface area contributed by atoms with E-state index < -0.39 is 0 Å². The molecule has 0 spiro atoms. The summed E-state index contributed by atoms with van der Waals surface area (Å²) in [4.78, 5) is 0. The number of rotatable bonds is 3. The van der Waals surface area contributed by atoms with Gasteiger partial charge in [0.05, 0.1) is 13.6 Å². The van der Waals surface area contributed by atoms with Crippen LogP contribution < -0.4 is 11.3 Å². The van der Waals surface area contributed by atoms with E-state index in [0.29, 0.717) is 0 Å². The second-order valence-electron chi connectivity index (χ2n) is 2.94. The second-order valence-corrected chi connectivity index (χ2v) is 7.47. The number of nitrogens with one attached hydrogen (secondary N) is 1. The first-order valence-corrected chi connectivity index (χ1v) is 7.50. The quantitative estimate of drug-likeness (QED) is 0.638. The molecule has 2 rings (SSSR count). The lowest BCUT2D eigenvalue weighted by atomic mass is 10.1. The average Bonchev–Trinajstić information content (AvgIpc) is 2.79. The molecule has 0 aliphatic heterocycles. The molecule has 0 bridgehead atoms. The van der Waals surface area contributed by atoms with Crippen LogP contribution in [0.2, 0.25) is 0 Å². The van der Waals surface area contributed by atoms with E-state index in [1.165, 1.54) is 5.56 Å². The van der Waals surface area contributed by atoms with Gasteiger partial charge in [0.1, 0.15) is 0 Å². The van der Waals surface area contributed by atoms with Crippen LogP contribution in [0.4, 0.5) is 0 Å². The molecule has 0 radical (unpaired) electrons. The summed E-state index contributed by atoms with van der Waals surface area (Å²) in [7, 11) is 0. The van der Waals surface area contributed by atoms with Gasteiger partial charge < -0.3 is 0 Å². The Kier molecular flexibility index (Phi) is 3.98. The molecular weight excluding hydrogens is 360 g/mol. The molecular formula is C9H8Br2N2S2. The third-order valence-electron chi connectivity index (χ3n) is 2.04. The largest absolute Gasteiger partial charge is 0.271 e. The Hall–Kier alpha value is 0.280. The monoisotopic (exact) mass is 366 g/mol. The van der Waals surface area contributed by atoms with Crippen molar-refractivity contribution in [1.82, 2.24) is 5.43 Å². The van der Waals surface area contributed by atoms with Gasteiger partial charge >= 0.3 is 0 Å². The molecule has 1 atom stereocenters. The summed E-state index contributed by atoms with van der Waals surface area (Å²) in [6, 6.07) is 4.21. The van der Waals surface area contributed by atoms with E-state index in [-0.39, 0.29) is 6.04 Å². The molecule has 0 amide bonds. The first-order valence-electron chi connectivity index (χ1n) is 4.15. The van der Waals surface area contributed by atoms with E-state index >= 15 is 0 Å². The van der Waals surface area contributed by atoms with Gasteiger partial charge in [-0.05, 0) is 60.3 Å². The maximum Gasteiger partial charge on any atom is 0.0762 e. The molecule has 6 heteroatoms. The van der Waals surface area contributed by atoms with Crippen LogP contribution in [-0.2, 0) is 0 Å². The molecule has 0 saturated carbocycles. The number of hydrogen-bond acceptors (Lipinski definition) is 4. The van der Waals surface area contributed by atoms with Crippen molar-refractivity contribution in [3.63, 3.8) is 0 Å². The Balaban J connectivity index is 2.39. The van der Waals surface area contributed by atoms with Crippen LogP contribution in [-0.4, -0.2) is 0 Å². The topological polar surface area (TPSA) is 38.0 Å². The van der Waals surface area contributed by atoms with E-state index in [1.54, 1.807) is 22.7 Å². The van der Waals surface area contributed by atoms with Crippen molar-refractivity contribution in [2.24, 2.45) is 5.84 Å². The molecule has 0 aliphatic carbocycles. The van der Waals surface area contributed by atoms with Crippen LogP contribution in [0.5, 0.6) is 0 Å². The number of thiophene rings is 2. The molecule has 2 aromatic heterocycles. The molecule has 0 aliphatic rings. The molecule has 0 aromatic carbocycles. The van der Waals surface area contributed by atoms with E-state index in [0.717, 1.165) is 13.1 Å². The van der Waals surface area contributed by atoms with Gasteiger partial charge in [0.15, 0.2) is 0 Å². The highest BCUT2D eigenvalue weighted by molar-refractivity contribution is 9.12. The lowest BCUT2D eigenvalue weighted by molar-refractivity contribution is 0.639. The van der Waals surface area contributed by atoms with Gasteiger partial charge in [-0.25, -0.2) is 5.43 Å². The third-order valence-corrected chi connectivity index (χ3v) is 5.12. The Morgan fingerprint density at radius 1 is 1.40 bits per heavy atom. The van der Waals surface area contributed by atoms with Gasteiger partial charge in [-0.1, -0.05) is 0 Å². The fraction of sp³-hybridized carbons (Fsp3) is 0.111. The zero-order valence-corrected chi connectivity index (χ0v) is 12.3. The van der Waals surface area contributed by atoms with Crippen molar-refractivity contribution in [2.45, 2.75) is 6.04 Å². The van der Waals surface area contributed by atoms with Gasteiger partial charge in [0.25, 0.3) is 0 Å². The molecule has 1 unspecified atom stereocenters. The summed E-state index contributed by atoms with van der Waals surface area (Å²) in [5.41, 5.74) is 5.19.